The Balaban J connectivity index is 1.69. The van der Waals surface area contributed by atoms with Gasteiger partial charge in [0.2, 0.25) is 0 Å². The molecule has 1 aromatic carbocycles. The van der Waals surface area contributed by atoms with Crippen molar-refractivity contribution >= 4 is 17.2 Å². The van der Waals surface area contributed by atoms with Gasteiger partial charge in [-0.3, -0.25) is 4.79 Å². The van der Waals surface area contributed by atoms with Gasteiger partial charge >= 0.3 is 0 Å². The van der Waals surface area contributed by atoms with Crippen LogP contribution in [0.15, 0.2) is 42.6 Å². The second kappa shape index (κ2) is 6.76. The van der Waals surface area contributed by atoms with Crippen molar-refractivity contribution in [3.63, 3.8) is 0 Å². The molecule has 0 saturated carbocycles. The fourth-order valence-electron chi connectivity index (χ4n) is 3.47. The first-order valence-corrected chi connectivity index (χ1v) is 8.68. The van der Waals surface area contributed by atoms with Gasteiger partial charge < -0.3 is 15.4 Å². The van der Waals surface area contributed by atoms with E-state index in [1.165, 1.54) is 0 Å². The highest BCUT2D eigenvalue weighted by atomic mass is 16.5. The Morgan fingerprint density at radius 1 is 1.35 bits per heavy atom. The molecule has 134 valence electrons. The Kier molecular flexibility index (Phi) is 4.30. The Morgan fingerprint density at radius 2 is 2.15 bits per heavy atom. The van der Waals surface area contributed by atoms with Crippen LogP contribution in [-0.4, -0.2) is 51.7 Å². The summed E-state index contributed by atoms with van der Waals surface area (Å²) >= 11 is 0. The smallest absolute Gasteiger partial charge is 0.255 e. The largest absolute Gasteiger partial charge is 0.396 e. The molecule has 1 unspecified atom stereocenters. The predicted octanol–water partition coefficient (Wildman–Crippen LogP) is 2.23. The number of anilines is 1. The molecule has 1 saturated heterocycles. The number of likely N-dealkylation sites (tertiary alicyclic amines) is 1. The number of rotatable bonds is 4. The summed E-state index contributed by atoms with van der Waals surface area (Å²) in [5, 5.41) is 4.50. The Bertz CT molecular complexity index is 938. The maximum absolute atomic E-state index is 13.0. The van der Waals surface area contributed by atoms with Gasteiger partial charge in [0.25, 0.3) is 5.91 Å². The predicted molar refractivity (Wildman–Crippen MR) is 98.8 cm³/mol. The van der Waals surface area contributed by atoms with Crippen LogP contribution in [0.25, 0.3) is 17.0 Å². The molecular weight excluding hydrogens is 330 g/mol. The number of hydrogen-bond acceptors (Lipinski definition) is 5. The van der Waals surface area contributed by atoms with Gasteiger partial charge in [0.05, 0.1) is 23.9 Å². The van der Waals surface area contributed by atoms with E-state index in [1.807, 2.05) is 35.2 Å². The number of methoxy groups -OCH3 is 1. The quantitative estimate of drug-likeness (QED) is 0.779. The van der Waals surface area contributed by atoms with Crippen LogP contribution in [0.2, 0.25) is 0 Å². The topological polar surface area (TPSA) is 85.8 Å². The second-order valence-electron chi connectivity index (χ2n) is 6.50. The van der Waals surface area contributed by atoms with Gasteiger partial charge in [0.15, 0.2) is 11.5 Å². The van der Waals surface area contributed by atoms with E-state index in [0.29, 0.717) is 29.3 Å². The van der Waals surface area contributed by atoms with Crippen LogP contribution in [0.1, 0.15) is 23.2 Å². The summed E-state index contributed by atoms with van der Waals surface area (Å²) in [7, 11) is 1.66. The number of fused-ring (bicyclic) bond motifs is 1. The van der Waals surface area contributed by atoms with Crippen molar-refractivity contribution in [1.29, 1.82) is 0 Å². The highest BCUT2D eigenvalue weighted by Crippen LogP contribution is 2.24. The number of nitrogens with two attached hydrogens (primary N) is 1. The maximum Gasteiger partial charge on any atom is 0.255 e. The van der Waals surface area contributed by atoms with E-state index in [-0.39, 0.29) is 11.9 Å². The van der Waals surface area contributed by atoms with E-state index in [9.17, 15) is 4.79 Å². The first kappa shape index (κ1) is 16.5. The monoisotopic (exact) mass is 351 g/mol. The third-order valence-electron chi connectivity index (χ3n) is 4.74. The van der Waals surface area contributed by atoms with Crippen LogP contribution in [-0.2, 0) is 4.74 Å². The van der Waals surface area contributed by atoms with Crippen LogP contribution >= 0.6 is 0 Å². The van der Waals surface area contributed by atoms with Crippen LogP contribution in [0, 0.1) is 0 Å². The molecule has 1 atom stereocenters. The fourth-order valence-corrected chi connectivity index (χ4v) is 3.47. The average Bonchev–Trinajstić information content (AvgIpc) is 3.29. The first-order chi connectivity index (χ1) is 12.7. The summed E-state index contributed by atoms with van der Waals surface area (Å²) in [5.41, 5.74) is 8.57. The molecule has 0 bridgehead atoms. The van der Waals surface area contributed by atoms with E-state index in [2.05, 4.69) is 10.1 Å². The molecule has 1 aliphatic heterocycles. The molecule has 26 heavy (non-hydrogen) atoms. The number of carbonyl (C=O) groups is 1. The van der Waals surface area contributed by atoms with Crippen LogP contribution in [0.3, 0.4) is 0 Å². The zero-order valence-corrected chi connectivity index (χ0v) is 14.6. The second-order valence-corrected chi connectivity index (χ2v) is 6.50. The van der Waals surface area contributed by atoms with Crippen molar-refractivity contribution in [3.05, 3.63) is 48.2 Å². The third kappa shape index (κ3) is 2.90. The molecule has 0 radical (unpaired) electrons. The lowest BCUT2D eigenvalue weighted by atomic mass is 10.2. The van der Waals surface area contributed by atoms with E-state index in [0.717, 1.165) is 24.9 Å². The molecular formula is C19H21N5O2. The Labute approximate surface area is 151 Å². The number of aromatic nitrogens is 3. The Hall–Kier alpha value is -2.93. The zero-order chi connectivity index (χ0) is 18.1. The molecule has 2 N–H and O–H groups in total. The molecule has 7 nitrogen and oxygen atoms in total. The molecule has 2 aromatic heterocycles. The normalized spacial score (nSPS) is 17.1. The van der Waals surface area contributed by atoms with Crippen molar-refractivity contribution in [2.45, 2.75) is 18.9 Å². The van der Waals surface area contributed by atoms with Gasteiger partial charge in [-0.2, -0.15) is 0 Å². The highest BCUT2D eigenvalue weighted by molar-refractivity contribution is 5.96. The fraction of sp³-hybridized carbons (Fsp3) is 0.316. The van der Waals surface area contributed by atoms with E-state index in [4.69, 9.17) is 10.5 Å². The van der Waals surface area contributed by atoms with Crippen molar-refractivity contribution in [3.8, 4) is 11.4 Å². The minimum atomic E-state index is -0.0464. The van der Waals surface area contributed by atoms with Crippen molar-refractivity contribution < 1.29 is 9.53 Å². The molecule has 7 heteroatoms. The minimum absolute atomic E-state index is 0.0464. The van der Waals surface area contributed by atoms with Gasteiger partial charge in [-0.1, -0.05) is 30.3 Å². The van der Waals surface area contributed by atoms with Crippen molar-refractivity contribution in [1.82, 2.24) is 19.5 Å². The lowest BCUT2D eigenvalue weighted by molar-refractivity contribution is 0.0630. The number of amides is 1. The number of pyridine rings is 1. The summed E-state index contributed by atoms with van der Waals surface area (Å²) < 4.78 is 6.83. The molecule has 1 aliphatic rings. The lowest BCUT2D eigenvalue weighted by Gasteiger charge is -2.24. The van der Waals surface area contributed by atoms with E-state index < -0.39 is 0 Å². The van der Waals surface area contributed by atoms with Crippen molar-refractivity contribution in [2.75, 3.05) is 26.0 Å². The average molecular weight is 351 g/mol. The molecule has 3 aromatic rings. The van der Waals surface area contributed by atoms with Gasteiger partial charge in [0, 0.05) is 25.4 Å². The van der Waals surface area contributed by atoms with Gasteiger partial charge in [0.1, 0.15) is 0 Å². The number of carbonyl (C=O) groups excluding carboxylic acids is 1. The standard InChI is InChI=1S/C19H21N5O2/c1-26-12-15-8-5-9-23(15)19(25)14-10-16(20)18-21-17(22-24(18)11-14)13-6-3-2-4-7-13/h2-4,6-7,10-11,15H,5,8-9,12,20H2,1H3. The van der Waals surface area contributed by atoms with E-state index in [1.54, 1.807) is 23.9 Å². The first-order valence-electron chi connectivity index (χ1n) is 8.68. The Morgan fingerprint density at radius 3 is 2.92 bits per heavy atom. The molecule has 4 rings (SSSR count). The SMILES string of the molecule is COCC1CCCN1C(=O)c1cc(N)c2nc(-c3ccccc3)nn2c1. The van der Waals surface area contributed by atoms with Gasteiger partial charge in [-0.05, 0) is 18.9 Å². The summed E-state index contributed by atoms with van der Waals surface area (Å²) in [5.74, 6) is 0.537. The third-order valence-corrected chi connectivity index (χ3v) is 4.74. The number of nitrogen functional groups attached to an aromatic ring is 1. The lowest BCUT2D eigenvalue weighted by Crippen LogP contribution is -2.38. The maximum atomic E-state index is 13.0. The summed E-state index contributed by atoms with van der Waals surface area (Å²) in [6.07, 6.45) is 3.65. The molecule has 0 aliphatic carbocycles. The van der Waals surface area contributed by atoms with Crippen LogP contribution in [0.5, 0.6) is 0 Å². The zero-order valence-electron chi connectivity index (χ0n) is 14.6. The molecule has 3 heterocycles. The van der Waals surface area contributed by atoms with E-state index >= 15 is 0 Å². The molecule has 1 fully saturated rings. The molecule has 0 spiro atoms. The number of nitrogens with zero attached hydrogens (tertiary/aromatic N) is 4. The summed E-state index contributed by atoms with van der Waals surface area (Å²) in [4.78, 5) is 19.3. The minimum Gasteiger partial charge on any atom is -0.396 e. The van der Waals surface area contributed by atoms with Crippen LogP contribution < -0.4 is 5.73 Å². The summed E-state index contributed by atoms with van der Waals surface area (Å²) in [6.45, 7) is 1.28. The molecule has 1 amide bonds. The number of ether oxygens (including phenoxy) is 1. The highest BCUT2D eigenvalue weighted by Gasteiger charge is 2.30. The number of hydrogen-bond donors (Lipinski definition) is 1. The van der Waals surface area contributed by atoms with Gasteiger partial charge in [-0.25, -0.2) is 9.50 Å². The summed E-state index contributed by atoms with van der Waals surface area (Å²) in [6, 6.07) is 11.5. The van der Waals surface area contributed by atoms with Gasteiger partial charge in [-0.15, -0.1) is 5.10 Å². The number of benzene rings is 1. The van der Waals surface area contributed by atoms with Crippen molar-refractivity contribution in [2.24, 2.45) is 0 Å². The van der Waals surface area contributed by atoms with Crippen LogP contribution in [0.4, 0.5) is 5.69 Å².